The first-order valence-corrected chi connectivity index (χ1v) is 11.1. The van der Waals surface area contributed by atoms with Gasteiger partial charge in [0.1, 0.15) is 0 Å². The van der Waals surface area contributed by atoms with E-state index in [0.717, 1.165) is 23.2 Å². The van der Waals surface area contributed by atoms with E-state index in [2.05, 4.69) is 4.72 Å². The average molecular weight is 396 g/mol. The molecule has 7 nitrogen and oxygen atoms in total. The molecule has 2 N–H and O–H groups in total. The number of aliphatic hydroxyl groups excluding tert-OH is 1. The zero-order valence-electron chi connectivity index (χ0n) is 13.9. The Morgan fingerprint density at radius 1 is 0.962 bits per heavy atom. The van der Waals surface area contributed by atoms with Gasteiger partial charge in [-0.2, -0.15) is 0 Å². The summed E-state index contributed by atoms with van der Waals surface area (Å²) in [5.74, 6) is 0. The van der Waals surface area contributed by atoms with Gasteiger partial charge < -0.3 is 5.11 Å². The first-order valence-electron chi connectivity index (χ1n) is 8.15. The van der Waals surface area contributed by atoms with E-state index in [1.807, 2.05) is 0 Å². The molecule has 0 spiro atoms. The van der Waals surface area contributed by atoms with Gasteiger partial charge in [-0.05, 0) is 43.2 Å². The molecule has 0 atom stereocenters. The fourth-order valence-electron chi connectivity index (χ4n) is 2.49. The van der Waals surface area contributed by atoms with Crippen molar-refractivity contribution in [1.29, 1.82) is 0 Å². The van der Waals surface area contributed by atoms with E-state index in [-0.39, 0.29) is 29.0 Å². The third kappa shape index (κ3) is 4.07. The second kappa shape index (κ2) is 7.36. The zero-order valence-corrected chi connectivity index (χ0v) is 15.6. The molecule has 1 aliphatic rings. The Bertz CT molecular complexity index is 971. The van der Waals surface area contributed by atoms with Gasteiger partial charge in [-0.25, -0.2) is 21.6 Å². The van der Waals surface area contributed by atoms with Crippen molar-refractivity contribution in [3.8, 4) is 0 Å². The number of benzene rings is 2. The van der Waals surface area contributed by atoms with Crippen LogP contribution in [0.4, 0.5) is 5.69 Å². The normalized spacial score (nSPS) is 15.0. The first kappa shape index (κ1) is 18.8. The van der Waals surface area contributed by atoms with Crippen LogP contribution in [-0.2, 0) is 20.0 Å². The number of hydrogen-bond donors (Lipinski definition) is 2. The lowest BCUT2D eigenvalue weighted by Gasteiger charge is -2.24. The standard InChI is InChI=1S/C17H20N2O5S2/c20-12-11-19(15-5-2-1-3-6-15)26(23,24)17-8-4-7-16(13-17)25(21,22)18-14-9-10-14/h1-8,13-14,18,20H,9-12H2. The molecule has 1 saturated carbocycles. The highest BCUT2D eigenvalue weighted by atomic mass is 32.2. The first-order chi connectivity index (χ1) is 12.3. The van der Waals surface area contributed by atoms with Gasteiger partial charge in [-0.3, -0.25) is 4.31 Å². The van der Waals surface area contributed by atoms with E-state index in [1.54, 1.807) is 30.3 Å². The molecular weight excluding hydrogens is 376 g/mol. The lowest BCUT2D eigenvalue weighted by molar-refractivity contribution is 0.306. The largest absolute Gasteiger partial charge is 0.394 e. The minimum atomic E-state index is -4.03. The number of aliphatic hydroxyl groups is 1. The molecule has 0 amide bonds. The molecule has 2 aromatic carbocycles. The molecule has 0 heterocycles. The van der Waals surface area contributed by atoms with Crippen molar-refractivity contribution in [2.75, 3.05) is 17.5 Å². The van der Waals surface area contributed by atoms with E-state index in [1.165, 1.54) is 18.2 Å². The van der Waals surface area contributed by atoms with Crippen LogP contribution in [0, 0.1) is 0 Å². The van der Waals surface area contributed by atoms with E-state index in [0.29, 0.717) is 5.69 Å². The highest BCUT2D eigenvalue weighted by Crippen LogP contribution is 2.26. The predicted molar refractivity (Wildman–Crippen MR) is 97.8 cm³/mol. The summed E-state index contributed by atoms with van der Waals surface area (Å²) in [6.07, 6.45) is 1.57. The number of nitrogens with zero attached hydrogens (tertiary/aromatic N) is 1. The van der Waals surface area contributed by atoms with E-state index >= 15 is 0 Å². The Hall–Kier alpha value is -1.94. The van der Waals surface area contributed by atoms with E-state index in [4.69, 9.17) is 0 Å². The molecular formula is C17H20N2O5S2. The summed E-state index contributed by atoms with van der Waals surface area (Å²) in [6, 6.07) is 13.5. The third-order valence-electron chi connectivity index (χ3n) is 3.95. The van der Waals surface area contributed by atoms with Gasteiger partial charge in [0.05, 0.1) is 28.6 Å². The lowest BCUT2D eigenvalue weighted by Crippen LogP contribution is -2.34. The summed E-state index contributed by atoms with van der Waals surface area (Å²) >= 11 is 0. The molecule has 0 unspecified atom stereocenters. The number of hydrogen-bond acceptors (Lipinski definition) is 5. The van der Waals surface area contributed by atoms with Crippen LogP contribution in [0.1, 0.15) is 12.8 Å². The Kier molecular flexibility index (Phi) is 5.33. The molecule has 0 aromatic heterocycles. The number of para-hydroxylation sites is 1. The summed E-state index contributed by atoms with van der Waals surface area (Å²) in [5.41, 5.74) is 0.394. The van der Waals surface area contributed by atoms with Crippen molar-refractivity contribution >= 4 is 25.7 Å². The second-order valence-electron chi connectivity index (χ2n) is 6.01. The molecule has 140 valence electrons. The summed E-state index contributed by atoms with van der Waals surface area (Å²) in [5, 5.41) is 9.29. The molecule has 2 aromatic rings. The molecule has 3 rings (SSSR count). The maximum atomic E-state index is 13.0. The van der Waals surface area contributed by atoms with Crippen LogP contribution in [-0.4, -0.2) is 41.1 Å². The summed E-state index contributed by atoms with van der Waals surface area (Å²) in [7, 11) is -7.80. The fourth-order valence-corrected chi connectivity index (χ4v) is 5.42. The molecule has 0 bridgehead atoms. The molecule has 0 aliphatic heterocycles. The maximum absolute atomic E-state index is 13.0. The van der Waals surface area contributed by atoms with Crippen LogP contribution in [0.25, 0.3) is 0 Å². The Labute approximate surface area is 153 Å². The van der Waals surface area contributed by atoms with E-state index < -0.39 is 20.0 Å². The van der Waals surface area contributed by atoms with Crippen LogP contribution in [0.5, 0.6) is 0 Å². The molecule has 9 heteroatoms. The highest BCUT2D eigenvalue weighted by Gasteiger charge is 2.30. The molecule has 0 saturated heterocycles. The van der Waals surface area contributed by atoms with Crippen molar-refractivity contribution < 1.29 is 21.9 Å². The average Bonchev–Trinajstić information content (AvgIpc) is 3.43. The minimum absolute atomic E-state index is 0.0736. The van der Waals surface area contributed by atoms with Gasteiger partial charge in [0, 0.05) is 6.04 Å². The van der Waals surface area contributed by atoms with Crippen molar-refractivity contribution in [2.24, 2.45) is 0 Å². The van der Waals surface area contributed by atoms with Crippen LogP contribution >= 0.6 is 0 Å². The van der Waals surface area contributed by atoms with Gasteiger partial charge in [-0.15, -0.1) is 0 Å². The van der Waals surface area contributed by atoms with Crippen LogP contribution < -0.4 is 9.03 Å². The number of rotatable bonds is 8. The number of anilines is 1. The smallest absolute Gasteiger partial charge is 0.264 e. The second-order valence-corrected chi connectivity index (χ2v) is 9.58. The van der Waals surface area contributed by atoms with E-state index in [9.17, 15) is 21.9 Å². The third-order valence-corrected chi connectivity index (χ3v) is 7.29. The van der Waals surface area contributed by atoms with Crippen LogP contribution in [0.2, 0.25) is 0 Å². The summed E-state index contributed by atoms with van der Waals surface area (Å²) in [4.78, 5) is -0.240. The lowest BCUT2D eigenvalue weighted by atomic mass is 10.3. The van der Waals surface area contributed by atoms with Gasteiger partial charge >= 0.3 is 0 Å². The monoisotopic (exact) mass is 396 g/mol. The van der Waals surface area contributed by atoms with Crippen molar-refractivity contribution in [2.45, 2.75) is 28.7 Å². The van der Waals surface area contributed by atoms with Gasteiger partial charge in [0.25, 0.3) is 10.0 Å². The van der Waals surface area contributed by atoms with Crippen LogP contribution in [0.15, 0.2) is 64.4 Å². The zero-order chi connectivity index (χ0) is 18.8. The Morgan fingerprint density at radius 2 is 1.62 bits per heavy atom. The van der Waals surface area contributed by atoms with Gasteiger partial charge in [0.15, 0.2) is 0 Å². The number of nitrogens with one attached hydrogen (secondary N) is 1. The van der Waals surface area contributed by atoms with Gasteiger partial charge in [0.2, 0.25) is 10.0 Å². The molecule has 26 heavy (non-hydrogen) atoms. The van der Waals surface area contributed by atoms with Gasteiger partial charge in [-0.1, -0.05) is 24.3 Å². The summed E-state index contributed by atoms with van der Waals surface area (Å²) < 4.78 is 54.4. The SMILES string of the molecule is O=S(=O)(NC1CC1)c1cccc(S(=O)(=O)N(CCO)c2ccccc2)c1. The quantitative estimate of drug-likeness (QED) is 0.700. The predicted octanol–water partition coefficient (Wildman–Crippen LogP) is 1.31. The summed E-state index contributed by atoms with van der Waals surface area (Å²) in [6.45, 7) is -0.501. The molecule has 1 fully saturated rings. The fraction of sp³-hybridized carbons (Fsp3) is 0.294. The Morgan fingerprint density at radius 3 is 2.23 bits per heavy atom. The highest BCUT2D eigenvalue weighted by molar-refractivity contribution is 7.93. The molecule has 1 aliphatic carbocycles. The molecule has 0 radical (unpaired) electrons. The van der Waals surface area contributed by atoms with Crippen molar-refractivity contribution in [3.63, 3.8) is 0 Å². The number of sulfonamides is 2. The van der Waals surface area contributed by atoms with Crippen LogP contribution in [0.3, 0.4) is 0 Å². The topological polar surface area (TPSA) is 104 Å². The maximum Gasteiger partial charge on any atom is 0.264 e. The Balaban J connectivity index is 1.99. The van der Waals surface area contributed by atoms with Crippen molar-refractivity contribution in [1.82, 2.24) is 4.72 Å². The van der Waals surface area contributed by atoms with Crippen molar-refractivity contribution in [3.05, 3.63) is 54.6 Å². The minimum Gasteiger partial charge on any atom is -0.394 e.